The summed E-state index contributed by atoms with van der Waals surface area (Å²) in [6, 6.07) is 8.26. The van der Waals surface area contributed by atoms with E-state index in [1.54, 1.807) is 0 Å². The van der Waals surface area contributed by atoms with Crippen LogP contribution in [0.4, 0.5) is 0 Å². The summed E-state index contributed by atoms with van der Waals surface area (Å²) < 4.78 is 1.95. The Hall–Kier alpha value is -1.85. The van der Waals surface area contributed by atoms with E-state index in [4.69, 9.17) is 11.6 Å². The van der Waals surface area contributed by atoms with Gasteiger partial charge in [0, 0.05) is 49.0 Å². The van der Waals surface area contributed by atoms with E-state index in [9.17, 15) is 4.79 Å². The summed E-state index contributed by atoms with van der Waals surface area (Å²) in [5, 5.41) is 8.44. The summed E-state index contributed by atoms with van der Waals surface area (Å²) in [6.07, 6.45) is 9.46. The SMILES string of the molecule is CCn1cc(CN2CC(Cc3ccc(Cl)cc3)(C(=O)NC3CCCC3)C2)cn1. The van der Waals surface area contributed by atoms with E-state index < -0.39 is 0 Å². The molecule has 1 saturated carbocycles. The average molecular weight is 401 g/mol. The molecule has 1 amide bonds. The van der Waals surface area contributed by atoms with Gasteiger partial charge in [0.25, 0.3) is 0 Å². The van der Waals surface area contributed by atoms with Gasteiger partial charge in [0.2, 0.25) is 5.91 Å². The van der Waals surface area contributed by atoms with Crippen LogP contribution in [0.15, 0.2) is 36.7 Å². The van der Waals surface area contributed by atoms with Gasteiger partial charge in [-0.05, 0) is 43.9 Å². The number of aromatic nitrogens is 2. The first-order valence-corrected chi connectivity index (χ1v) is 10.7. The van der Waals surface area contributed by atoms with Crippen molar-refractivity contribution in [2.45, 2.75) is 58.2 Å². The zero-order chi connectivity index (χ0) is 19.6. The van der Waals surface area contributed by atoms with Crippen molar-refractivity contribution < 1.29 is 4.79 Å². The molecule has 1 aromatic heterocycles. The van der Waals surface area contributed by atoms with Crippen LogP contribution in [-0.4, -0.2) is 39.7 Å². The van der Waals surface area contributed by atoms with Crippen molar-refractivity contribution in [1.82, 2.24) is 20.0 Å². The van der Waals surface area contributed by atoms with Crippen LogP contribution < -0.4 is 5.32 Å². The molecule has 0 radical (unpaired) electrons. The molecule has 6 heteroatoms. The summed E-state index contributed by atoms with van der Waals surface area (Å²) in [6.45, 7) is 5.38. The number of amides is 1. The second-order valence-electron chi connectivity index (χ2n) is 8.39. The highest BCUT2D eigenvalue weighted by molar-refractivity contribution is 6.30. The molecule has 0 spiro atoms. The Morgan fingerprint density at radius 2 is 1.93 bits per heavy atom. The minimum absolute atomic E-state index is 0.217. The molecule has 5 nitrogen and oxygen atoms in total. The number of carbonyl (C=O) groups is 1. The highest BCUT2D eigenvalue weighted by Crippen LogP contribution is 2.36. The maximum absolute atomic E-state index is 13.2. The lowest BCUT2D eigenvalue weighted by molar-refractivity contribution is -0.143. The molecule has 2 fully saturated rings. The second-order valence-corrected chi connectivity index (χ2v) is 8.82. The van der Waals surface area contributed by atoms with E-state index in [2.05, 4.69) is 28.4 Å². The average Bonchev–Trinajstić information content (AvgIpc) is 3.33. The van der Waals surface area contributed by atoms with Crippen molar-refractivity contribution >= 4 is 17.5 Å². The van der Waals surface area contributed by atoms with Gasteiger partial charge in [-0.1, -0.05) is 36.6 Å². The number of aryl methyl sites for hydroxylation is 1. The van der Waals surface area contributed by atoms with Gasteiger partial charge in [0.05, 0.1) is 11.6 Å². The Bertz CT molecular complexity index is 804. The Labute approximate surface area is 172 Å². The number of benzene rings is 1. The van der Waals surface area contributed by atoms with Crippen LogP contribution in [0.25, 0.3) is 0 Å². The van der Waals surface area contributed by atoms with E-state index in [1.807, 2.05) is 35.1 Å². The first kappa shape index (κ1) is 19.5. The highest BCUT2D eigenvalue weighted by atomic mass is 35.5. The molecule has 1 aromatic carbocycles. The molecule has 0 bridgehead atoms. The third-order valence-electron chi connectivity index (χ3n) is 6.10. The number of nitrogens with zero attached hydrogens (tertiary/aromatic N) is 3. The van der Waals surface area contributed by atoms with Gasteiger partial charge < -0.3 is 5.32 Å². The Kier molecular flexibility index (Phi) is 5.74. The first-order chi connectivity index (χ1) is 13.6. The van der Waals surface area contributed by atoms with Crippen LogP contribution in [0.1, 0.15) is 43.7 Å². The molecule has 2 aliphatic rings. The van der Waals surface area contributed by atoms with E-state index >= 15 is 0 Å². The number of nitrogens with one attached hydrogen (secondary N) is 1. The van der Waals surface area contributed by atoms with Crippen LogP contribution in [0.2, 0.25) is 5.02 Å². The Morgan fingerprint density at radius 1 is 1.21 bits per heavy atom. The summed E-state index contributed by atoms with van der Waals surface area (Å²) in [5.74, 6) is 0.217. The van der Waals surface area contributed by atoms with Gasteiger partial charge in [0.1, 0.15) is 0 Å². The van der Waals surface area contributed by atoms with Gasteiger partial charge in [-0.25, -0.2) is 0 Å². The number of rotatable bonds is 7. The van der Waals surface area contributed by atoms with Crippen molar-refractivity contribution in [2.24, 2.45) is 5.41 Å². The number of likely N-dealkylation sites (tertiary alicyclic amines) is 1. The van der Waals surface area contributed by atoms with Gasteiger partial charge in [-0.15, -0.1) is 0 Å². The maximum Gasteiger partial charge on any atom is 0.229 e. The Balaban J connectivity index is 1.44. The minimum Gasteiger partial charge on any atom is -0.353 e. The zero-order valence-corrected chi connectivity index (χ0v) is 17.3. The lowest BCUT2D eigenvalue weighted by Crippen LogP contribution is -2.64. The lowest BCUT2D eigenvalue weighted by Gasteiger charge is -2.49. The molecule has 4 rings (SSSR count). The zero-order valence-electron chi connectivity index (χ0n) is 16.5. The topological polar surface area (TPSA) is 50.2 Å². The maximum atomic E-state index is 13.2. The molecule has 1 N–H and O–H groups in total. The summed E-state index contributed by atoms with van der Waals surface area (Å²) in [7, 11) is 0. The molecule has 2 heterocycles. The van der Waals surface area contributed by atoms with Gasteiger partial charge in [-0.2, -0.15) is 5.10 Å². The van der Waals surface area contributed by atoms with Gasteiger partial charge in [-0.3, -0.25) is 14.4 Å². The quantitative estimate of drug-likeness (QED) is 0.771. The third kappa shape index (κ3) is 4.26. The molecular weight excluding hydrogens is 372 g/mol. The summed E-state index contributed by atoms with van der Waals surface area (Å²) >= 11 is 6.04. The fraction of sp³-hybridized carbons (Fsp3) is 0.545. The standard InChI is InChI=1S/C22H29ClN4O/c1-2-27-14-18(12-24-27)13-26-15-22(16-26,11-17-7-9-19(23)10-8-17)21(28)25-20-5-3-4-6-20/h7-10,12,14,20H,2-6,11,13,15-16H2,1H3,(H,25,28). The van der Waals surface area contributed by atoms with Crippen LogP contribution in [0.5, 0.6) is 0 Å². The van der Waals surface area contributed by atoms with Crippen LogP contribution in [0, 0.1) is 5.41 Å². The number of halogens is 1. The fourth-order valence-corrected chi connectivity index (χ4v) is 4.70. The lowest BCUT2D eigenvalue weighted by atomic mass is 9.73. The van der Waals surface area contributed by atoms with E-state index in [-0.39, 0.29) is 11.3 Å². The minimum atomic E-state index is -0.350. The smallest absolute Gasteiger partial charge is 0.229 e. The largest absolute Gasteiger partial charge is 0.353 e. The predicted octanol–water partition coefficient (Wildman–Crippen LogP) is 3.66. The van der Waals surface area contributed by atoms with Crippen LogP contribution in [0.3, 0.4) is 0 Å². The monoisotopic (exact) mass is 400 g/mol. The molecular formula is C22H29ClN4O. The fourth-order valence-electron chi connectivity index (χ4n) is 4.58. The van der Waals surface area contributed by atoms with Crippen molar-refractivity contribution in [3.63, 3.8) is 0 Å². The third-order valence-corrected chi connectivity index (χ3v) is 6.35. The van der Waals surface area contributed by atoms with E-state index in [0.29, 0.717) is 6.04 Å². The Morgan fingerprint density at radius 3 is 2.57 bits per heavy atom. The van der Waals surface area contributed by atoms with Gasteiger partial charge >= 0.3 is 0 Å². The molecule has 2 aromatic rings. The van der Waals surface area contributed by atoms with Crippen LogP contribution in [-0.2, 0) is 24.3 Å². The summed E-state index contributed by atoms with van der Waals surface area (Å²) in [4.78, 5) is 15.6. The highest BCUT2D eigenvalue weighted by Gasteiger charge is 2.49. The molecule has 0 atom stereocenters. The molecule has 150 valence electrons. The van der Waals surface area contributed by atoms with Crippen LogP contribution >= 0.6 is 11.6 Å². The second kappa shape index (κ2) is 8.26. The van der Waals surface area contributed by atoms with Crippen molar-refractivity contribution in [2.75, 3.05) is 13.1 Å². The molecule has 0 unspecified atom stereocenters. The molecule has 1 saturated heterocycles. The van der Waals surface area contributed by atoms with Crippen molar-refractivity contribution in [3.05, 3.63) is 52.8 Å². The number of hydrogen-bond donors (Lipinski definition) is 1. The molecule has 28 heavy (non-hydrogen) atoms. The van der Waals surface area contributed by atoms with E-state index in [0.717, 1.165) is 50.5 Å². The normalized spacial score (nSPS) is 19.5. The summed E-state index contributed by atoms with van der Waals surface area (Å²) in [5.41, 5.74) is 2.03. The predicted molar refractivity (Wildman–Crippen MR) is 111 cm³/mol. The number of carbonyl (C=O) groups excluding carboxylic acids is 1. The number of hydrogen-bond acceptors (Lipinski definition) is 3. The first-order valence-electron chi connectivity index (χ1n) is 10.4. The molecule has 1 aliphatic carbocycles. The van der Waals surface area contributed by atoms with Crippen molar-refractivity contribution in [1.29, 1.82) is 0 Å². The van der Waals surface area contributed by atoms with Crippen molar-refractivity contribution in [3.8, 4) is 0 Å². The van der Waals surface area contributed by atoms with Gasteiger partial charge in [0.15, 0.2) is 0 Å². The molecule has 1 aliphatic heterocycles. The van der Waals surface area contributed by atoms with E-state index in [1.165, 1.54) is 24.0 Å².